The van der Waals surface area contributed by atoms with Crippen LogP contribution < -0.4 is 15.9 Å². The summed E-state index contributed by atoms with van der Waals surface area (Å²) >= 11 is 0. The van der Waals surface area contributed by atoms with E-state index in [9.17, 15) is 9.59 Å². The molecule has 9 heteroatoms. The van der Waals surface area contributed by atoms with Gasteiger partial charge in [0.1, 0.15) is 5.69 Å². The molecule has 0 unspecified atom stereocenters. The number of rotatable bonds is 4. The molecule has 8 nitrogen and oxygen atoms in total. The first-order valence-electron chi connectivity index (χ1n) is 11.0. The molecule has 0 N–H and O–H groups in total. The molecular formula is C23H31BN4O4. The van der Waals surface area contributed by atoms with Gasteiger partial charge in [-0.2, -0.15) is 0 Å². The van der Waals surface area contributed by atoms with Crippen LogP contribution >= 0.6 is 0 Å². The molecule has 0 radical (unpaired) electrons. The van der Waals surface area contributed by atoms with E-state index in [0.29, 0.717) is 5.46 Å². The van der Waals surface area contributed by atoms with Gasteiger partial charge in [-0.15, -0.1) is 0 Å². The highest BCUT2D eigenvalue weighted by Gasteiger charge is 2.52. The van der Waals surface area contributed by atoms with Gasteiger partial charge < -0.3 is 23.7 Å². The topological polar surface area (TPSA) is 76.9 Å². The monoisotopic (exact) mass is 438 g/mol. The van der Waals surface area contributed by atoms with Crippen molar-refractivity contribution in [2.45, 2.75) is 38.9 Å². The Morgan fingerprint density at radius 2 is 1.66 bits per heavy atom. The molecule has 32 heavy (non-hydrogen) atoms. The Kier molecular flexibility index (Phi) is 5.77. The lowest BCUT2D eigenvalue weighted by Crippen LogP contribution is -2.44. The van der Waals surface area contributed by atoms with Crippen molar-refractivity contribution in [3.63, 3.8) is 0 Å². The zero-order valence-corrected chi connectivity index (χ0v) is 19.7. The van der Waals surface area contributed by atoms with E-state index in [-0.39, 0.29) is 16.8 Å². The Morgan fingerprint density at radius 1 is 1.03 bits per heavy atom. The first-order valence-corrected chi connectivity index (χ1v) is 11.0. The van der Waals surface area contributed by atoms with Crippen molar-refractivity contribution in [2.75, 3.05) is 38.1 Å². The van der Waals surface area contributed by atoms with E-state index >= 15 is 0 Å². The standard InChI is InChI=1S/C23H31BN4O4/c1-22(2)23(3,4)32-24(31-22)16-13-18(21(30)27(6)15-16)20(29)19-8-7-17(14-25-19)28-11-9-26(5)10-12-28/h7-8,13-15H,9-12H2,1-6H3. The zero-order valence-electron chi connectivity index (χ0n) is 19.7. The van der Waals surface area contributed by atoms with Crippen molar-refractivity contribution in [1.82, 2.24) is 14.5 Å². The first kappa shape index (κ1) is 22.7. The van der Waals surface area contributed by atoms with E-state index in [1.165, 1.54) is 4.57 Å². The van der Waals surface area contributed by atoms with Crippen LogP contribution in [0.1, 0.15) is 43.7 Å². The average molecular weight is 438 g/mol. The van der Waals surface area contributed by atoms with Gasteiger partial charge in [-0.25, -0.2) is 0 Å². The Balaban J connectivity index is 1.59. The lowest BCUT2D eigenvalue weighted by Gasteiger charge is -2.33. The molecule has 2 aromatic rings. The van der Waals surface area contributed by atoms with Gasteiger partial charge in [-0.05, 0) is 58.4 Å². The van der Waals surface area contributed by atoms with Crippen molar-refractivity contribution in [1.29, 1.82) is 0 Å². The zero-order chi connectivity index (χ0) is 23.3. The van der Waals surface area contributed by atoms with Crippen molar-refractivity contribution in [3.05, 3.63) is 52.2 Å². The van der Waals surface area contributed by atoms with E-state index < -0.39 is 24.1 Å². The predicted octanol–water partition coefficient (Wildman–Crippen LogP) is 1.06. The number of hydrogen-bond donors (Lipinski definition) is 0. The Bertz CT molecular complexity index is 1060. The molecular weight excluding hydrogens is 407 g/mol. The van der Waals surface area contributed by atoms with Crippen LogP contribution in [0, 0.1) is 0 Å². The van der Waals surface area contributed by atoms with Crippen LogP contribution in [-0.2, 0) is 16.4 Å². The van der Waals surface area contributed by atoms with Gasteiger partial charge in [0.25, 0.3) is 5.56 Å². The minimum atomic E-state index is -0.661. The molecule has 2 saturated heterocycles. The normalized spacial score (nSPS) is 20.6. The minimum Gasteiger partial charge on any atom is -0.399 e. The lowest BCUT2D eigenvalue weighted by molar-refractivity contribution is 0.00578. The summed E-state index contributed by atoms with van der Waals surface area (Å²) in [6, 6.07) is 5.16. The second-order valence-electron chi connectivity index (χ2n) is 9.71. The fourth-order valence-corrected chi connectivity index (χ4v) is 3.92. The van der Waals surface area contributed by atoms with E-state index in [4.69, 9.17) is 9.31 Å². The van der Waals surface area contributed by atoms with Crippen molar-refractivity contribution in [2.24, 2.45) is 7.05 Å². The summed E-state index contributed by atoms with van der Waals surface area (Å²) in [5, 5.41) is 0. The van der Waals surface area contributed by atoms with Gasteiger partial charge in [-0.1, -0.05) is 0 Å². The fraction of sp³-hybridized carbons (Fsp3) is 0.522. The van der Waals surface area contributed by atoms with Gasteiger partial charge >= 0.3 is 7.12 Å². The van der Waals surface area contributed by atoms with Gasteiger partial charge in [0, 0.05) is 39.4 Å². The Labute approximate surface area is 189 Å². The average Bonchev–Trinajstić information content (AvgIpc) is 2.97. The van der Waals surface area contributed by atoms with Crippen LogP contribution in [0.4, 0.5) is 5.69 Å². The molecule has 2 aromatic heterocycles. The third-order valence-corrected chi connectivity index (χ3v) is 6.82. The van der Waals surface area contributed by atoms with Crippen LogP contribution in [0.15, 0.2) is 35.4 Å². The molecule has 170 valence electrons. The van der Waals surface area contributed by atoms with Crippen LogP contribution in [-0.4, -0.2) is 71.8 Å². The van der Waals surface area contributed by atoms with Crippen LogP contribution in [0.25, 0.3) is 0 Å². The van der Waals surface area contributed by atoms with Crippen molar-refractivity contribution < 1.29 is 14.1 Å². The summed E-state index contributed by atoms with van der Waals surface area (Å²) in [6.45, 7) is 11.7. The minimum absolute atomic E-state index is 0.0551. The number of likely N-dealkylation sites (N-methyl/N-ethyl adjacent to an activating group) is 1. The Morgan fingerprint density at radius 3 is 2.22 bits per heavy atom. The number of aromatic nitrogens is 2. The number of carbonyl (C=O) groups is 1. The SMILES string of the molecule is CN1CCN(c2ccc(C(=O)c3cc(B4OC(C)(C)C(C)(C)O4)cn(C)c3=O)nc2)CC1. The van der Waals surface area contributed by atoms with E-state index in [1.54, 1.807) is 31.6 Å². The maximum atomic E-state index is 13.2. The van der Waals surface area contributed by atoms with Crippen LogP contribution in [0.2, 0.25) is 0 Å². The third kappa shape index (κ3) is 4.12. The molecule has 2 fully saturated rings. The number of nitrogens with zero attached hydrogens (tertiary/aromatic N) is 4. The third-order valence-electron chi connectivity index (χ3n) is 6.82. The quantitative estimate of drug-likeness (QED) is 0.522. The fourth-order valence-electron chi connectivity index (χ4n) is 3.92. The first-order chi connectivity index (χ1) is 15.0. The number of anilines is 1. The van der Waals surface area contributed by atoms with Gasteiger partial charge in [0.2, 0.25) is 5.78 Å². The number of ketones is 1. The summed E-state index contributed by atoms with van der Waals surface area (Å²) in [4.78, 5) is 34.9. The summed E-state index contributed by atoms with van der Waals surface area (Å²) in [5.74, 6) is -0.408. The lowest BCUT2D eigenvalue weighted by atomic mass is 9.79. The molecule has 2 aliphatic rings. The van der Waals surface area contributed by atoms with Crippen LogP contribution in [0.3, 0.4) is 0 Å². The molecule has 0 saturated carbocycles. The smallest absolute Gasteiger partial charge is 0.399 e. The van der Waals surface area contributed by atoms with E-state index in [2.05, 4.69) is 21.8 Å². The van der Waals surface area contributed by atoms with Gasteiger partial charge in [-0.3, -0.25) is 14.6 Å². The van der Waals surface area contributed by atoms with Crippen molar-refractivity contribution in [3.8, 4) is 0 Å². The summed E-state index contributed by atoms with van der Waals surface area (Å²) in [5.41, 5.74) is 0.497. The summed E-state index contributed by atoms with van der Waals surface area (Å²) < 4.78 is 13.6. The van der Waals surface area contributed by atoms with Crippen molar-refractivity contribution >= 4 is 24.1 Å². The molecule has 4 heterocycles. The second kappa shape index (κ2) is 8.13. The maximum Gasteiger partial charge on any atom is 0.496 e. The molecule has 0 spiro atoms. The molecule has 0 atom stereocenters. The summed E-state index contributed by atoms with van der Waals surface area (Å²) in [6.07, 6.45) is 3.37. The predicted molar refractivity (Wildman–Crippen MR) is 125 cm³/mol. The highest BCUT2D eigenvalue weighted by atomic mass is 16.7. The highest BCUT2D eigenvalue weighted by Crippen LogP contribution is 2.36. The van der Waals surface area contributed by atoms with E-state index in [1.807, 2.05) is 33.8 Å². The van der Waals surface area contributed by atoms with Gasteiger partial charge in [0.15, 0.2) is 0 Å². The Hall–Kier alpha value is -2.49. The number of aryl methyl sites for hydroxylation is 1. The maximum absolute atomic E-state index is 13.2. The molecule has 2 aliphatic heterocycles. The van der Waals surface area contributed by atoms with E-state index in [0.717, 1.165) is 31.9 Å². The van der Waals surface area contributed by atoms with Gasteiger partial charge in [0.05, 0.1) is 28.6 Å². The summed E-state index contributed by atoms with van der Waals surface area (Å²) in [7, 11) is 3.07. The molecule has 0 amide bonds. The number of carbonyl (C=O) groups excluding carboxylic acids is 1. The second-order valence-corrected chi connectivity index (χ2v) is 9.71. The number of pyridine rings is 2. The molecule has 0 bridgehead atoms. The number of hydrogen-bond acceptors (Lipinski definition) is 7. The molecule has 4 rings (SSSR count). The highest BCUT2D eigenvalue weighted by molar-refractivity contribution is 6.62. The number of piperazine rings is 1. The molecule has 0 aromatic carbocycles. The molecule has 0 aliphatic carbocycles. The van der Waals surface area contributed by atoms with Crippen LogP contribution in [0.5, 0.6) is 0 Å². The largest absolute Gasteiger partial charge is 0.496 e.